The topological polar surface area (TPSA) is 86.3 Å². The number of hydrogen-bond acceptors (Lipinski definition) is 6. The minimum atomic E-state index is -0.110. The van der Waals surface area contributed by atoms with Crippen LogP contribution in [0.25, 0.3) is 0 Å². The average Bonchev–Trinajstić information content (AvgIpc) is 2.58. The van der Waals surface area contributed by atoms with Crippen LogP contribution in [0.3, 0.4) is 0 Å². The SMILES string of the molecule is NCCC1CN(c2cnn(Cc3ccncc3)c(=O)c2)CCO1. The predicted octanol–water partition coefficient (Wildman–Crippen LogP) is 0.241. The van der Waals surface area contributed by atoms with Crippen molar-refractivity contribution in [1.29, 1.82) is 0 Å². The number of hydrogen-bond donors (Lipinski definition) is 1. The van der Waals surface area contributed by atoms with Gasteiger partial charge >= 0.3 is 0 Å². The van der Waals surface area contributed by atoms with Gasteiger partial charge in [-0.3, -0.25) is 9.78 Å². The monoisotopic (exact) mass is 315 g/mol. The van der Waals surface area contributed by atoms with Gasteiger partial charge in [-0.1, -0.05) is 0 Å². The molecule has 3 rings (SSSR count). The number of nitrogens with two attached hydrogens (primary N) is 1. The molecule has 7 nitrogen and oxygen atoms in total. The van der Waals surface area contributed by atoms with Crippen molar-refractivity contribution in [3.63, 3.8) is 0 Å². The molecule has 7 heteroatoms. The number of pyridine rings is 1. The van der Waals surface area contributed by atoms with Crippen molar-refractivity contribution in [3.05, 3.63) is 52.7 Å². The lowest BCUT2D eigenvalue weighted by molar-refractivity contribution is 0.0368. The number of nitrogens with zero attached hydrogens (tertiary/aromatic N) is 4. The lowest BCUT2D eigenvalue weighted by atomic mass is 10.2. The van der Waals surface area contributed by atoms with Crippen LogP contribution in [0.2, 0.25) is 0 Å². The Balaban J connectivity index is 1.73. The summed E-state index contributed by atoms with van der Waals surface area (Å²) in [4.78, 5) is 18.4. The first kappa shape index (κ1) is 15.6. The molecule has 0 amide bonds. The summed E-state index contributed by atoms with van der Waals surface area (Å²) in [5, 5.41) is 4.30. The maximum atomic E-state index is 12.3. The van der Waals surface area contributed by atoms with E-state index in [4.69, 9.17) is 10.5 Å². The summed E-state index contributed by atoms with van der Waals surface area (Å²) in [7, 11) is 0. The van der Waals surface area contributed by atoms with Gasteiger partial charge in [-0.05, 0) is 30.7 Å². The number of rotatable bonds is 5. The van der Waals surface area contributed by atoms with E-state index in [1.54, 1.807) is 24.7 Å². The zero-order valence-electron chi connectivity index (χ0n) is 13.0. The Hall–Kier alpha value is -2.25. The van der Waals surface area contributed by atoms with Crippen molar-refractivity contribution in [2.45, 2.75) is 19.1 Å². The maximum absolute atomic E-state index is 12.3. The predicted molar refractivity (Wildman–Crippen MR) is 87.5 cm³/mol. The van der Waals surface area contributed by atoms with Crippen molar-refractivity contribution in [2.75, 3.05) is 31.1 Å². The third-order valence-corrected chi connectivity index (χ3v) is 3.93. The summed E-state index contributed by atoms with van der Waals surface area (Å²) < 4.78 is 7.13. The Morgan fingerprint density at radius 3 is 2.91 bits per heavy atom. The fourth-order valence-corrected chi connectivity index (χ4v) is 2.69. The van der Waals surface area contributed by atoms with Gasteiger partial charge in [-0.25, -0.2) is 4.68 Å². The molecule has 1 fully saturated rings. The van der Waals surface area contributed by atoms with Gasteiger partial charge < -0.3 is 15.4 Å². The number of anilines is 1. The van der Waals surface area contributed by atoms with Crippen LogP contribution in [0.5, 0.6) is 0 Å². The standard InChI is InChI=1S/C16H21N5O2/c17-4-1-15-12-20(7-8-23-15)14-9-16(22)21(19-10-14)11-13-2-5-18-6-3-13/h2-3,5-6,9-10,15H,1,4,7-8,11-12,17H2. The van der Waals surface area contributed by atoms with Crippen LogP contribution in [0.4, 0.5) is 5.69 Å². The Morgan fingerprint density at radius 1 is 1.35 bits per heavy atom. The molecule has 122 valence electrons. The quantitative estimate of drug-likeness (QED) is 0.850. The van der Waals surface area contributed by atoms with Crippen molar-refractivity contribution in [2.24, 2.45) is 5.73 Å². The first-order valence-electron chi connectivity index (χ1n) is 7.79. The maximum Gasteiger partial charge on any atom is 0.269 e. The Bertz CT molecular complexity index is 686. The zero-order valence-corrected chi connectivity index (χ0v) is 13.0. The van der Waals surface area contributed by atoms with Crippen LogP contribution in [0.15, 0.2) is 41.6 Å². The third-order valence-electron chi connectivity index (χ3n) is 3.93. The smallest absolute Gasteiger partial charge is 0.269 e. The van der Waals surface area contributed by atoms with E-state index in [0.29, 0.717) is 19.7 Å². The summed E-state index contributed by atoms with van der Waals surface area (Å²) in [6, 6.07) is 5.39. The molecule has 2 aromatic heterocycles. The van der Waals surface area contributed by atoms with Crippen LogP contribution in [-0.2, 0) is 11.3 Å². The molecule has 0 radical (unpaired) electrons. The zero-order chi connectivity index (χ0) is 16.1. The summed E-state index contributed by atoms with van der Waals surface area (Å²) in [5.74, 6) is 0. The van der Waals surface area contributed by atoms with Crippen molar-refractivity contribution < 1.29 is 4.74 Å². The second-order valence-corrected chi connectivity index (χ2v) is 5.58. The highest BCUT2D eigenvalue weighted by atomic mass is 16.5. The largest absolute Gasteiger partial charge is 0.374 e. The van der Waals surface area contributed by atoms with E-state index in [1.165, 1.54) is 4.68 Å². The van der Waals surface area contributed by atoms with E-state index >= 15 is 0 Å². The highest BCUT2D eigenvalue weighted by Crippen LogP contribution is 2.16. The molecule has 3 heterocycles. The Labute approximate surface area is 134 Å². The normalized spacial score (nSPS) is 18.1. The van der Waals surface area contributed by atoms with Gasteiger partial charge in [-0.15, -0.1) is 0 Å². The van der Waals surface area contributed by atoms with E-state index < -0.39 is 0 Å². The second kappa shape index (κ2) is 7.34. The van der Waals surface area contributed by atoms with Crippen LogP contribution >= 0.6 is 0 Å². The summed E-state index contributed by atoms with van der Waals surface area (Å²) in [6.07, 6.45) is 6.10. The average molecular weight is 315 g/mol. The first-order valence-corrected chi connectivity index (χ1v) is 7.79. The van der Waals surface area contributed by atoms with E-state index in [2.05, 4.69) is 15.0 Å². The molecule has 2 aromatic rings. The third kappa shape index (κ3) is 3.94. The number of ether oxygens (including phenoxy) is 1. The molecular weight excluding hydrogens is 294 g/mol. The summed E-state index contributed by atoms with van der Waals surface area (Å²) in [6.45, 7) is 3.19. The molecule has 0 aromatic carbocycles. The van der Waals surface area contributed by atoms with E-state index in [0.717, 1.165) is 30.8 Å². The van der Waals surface area contributed by atoms with Crippen molar-refractivity contribution in [3.8, 4) is 0 Å². The van der Waals surface area contributed by atoms with E-state index in [9.17, 15) is 4.79 Å². The fourth-order valence-electron chi connectivity index (χ4n) is 2.69. The molecule has 0 saturated carbocycles. The highest BCUT2D eigenvalue weighted by Gasteiger charge is 2.20. The molecule has 0 bridgehead atoms. The van der Waals surface area contributed by atoms with Gasteiger partial charge in [0.15, 0.2) is 0 Å². The molecule has 1 saturated heterocycles. The second-order valence-electron chi connectivity index (χ2n) is 5.58. The molecule has 23 heavy (non-hydrogen) atoms. The molecule has 0 aliphatic carbocycles. The summed E-state index contributed by atoms with van der Waals surface area (Å²) in [5.41, 5.74) is 7.32. The van der Waals surface area contributed by atoms with Gasteiger partial charge in [0.25, 0.3) is 5.56 Å². The van der Waals surface area contributed by atoms with Gasteiger partial charge in [0.2, 0.25) is 0 Å². The molecule has 1 unspecified atom stereocenters. The highest BCUT2D eigenvalue weighted by molar-refractivity contribution is 5.43. The number of aromatic nitrogens is 3. The molecule has 2 N–H and O–H groups in total. The lowest BCUT2D eigenvalue weighted by Gasteiger charge is -2.34. The molecule has 0 spiro atoms. The van der Waals surface area contributed by atoms with Gasteiger partial charge in [0.05, 0.1) is 31.1 Å². The van der Waals surface area contributed by atoms with E-state index in [-0.39, 0.29) is 11.7 Å². The lowest BCUT2D eigenvalue weighted by Crippen LogP contribution is -2.43. The van der Waals surface area contributed by atoms with Crippen molar-refractivity contribution >= 4 is 5.69 Å². The van der Waals surface area contributed by atoms with Gasteiger partial charge in [0, 0.05) is 31.5 Å². The van der Waals surface area contributed by atoms with Crippen LogP contribution in [0.1, 0.15) is 12.0 Å². The molecular formula is C16H21N5O2. The van der Waals surface area contributed by atoms with Crippen molar-refractivity contribution in [1.82, 2.24) is 14.8 Å². The van der Waals surface area contributed by atoms with Crippen LogP contribution in [0, 0.1) is 0 Å². The summed E-state index contributed by atoms with van der Waals surface area (Å²) >= 11 is 0. The van der Waals surface area contributed by atoms with Gasteiger partial charge in [-0.2, -0.15) is 5.10 Å². The van der Waals surface area contributed by atoms with Crippen LogP contribution in [-0.4, -0.2) is 47.1 Å². The minimum absolute atomic E-state index is 0.110. The number of morpholine rings is 1. The first-order chi connectivity index (χ1) is 11.3. The fraction of sp³-hybridized carbons (Fsp3) is 0.438. The van der Waals surface area contributed by atoms with Crippen LogP contribution < -0.4 is 16.2 Å². The van der Waals surface area contributed by atoms with Gasteiger partial charge in [0.1, 0.15) is 0 Å². The van der Waals surface area contributed by atoms with E-state index in [1.807, 2.05) is 12.1 Å². The Kier molecular flexibility index (Phi) is 4.99. The molecule has 1 aliphatic rings. The minimum Gasteiger partial charge on any atom is -0.374 e. The molecule has 1 atom stereocenters. The molecule has 1 aliphatic heterocycles. The Morgan fingerprint density at radius 2 is 2.17 bits per heavy atom.